The molecular formula is C21H48N2O4Si2. The summed E-state index contributed by atoms with van der Waals surface area (Å²) in [5.74, 6) is -0.361. The maximum atomic E-state index is 11.6. The van der Waals surface area contributed by atoms with Crippen LogP contribution in [0.5, 0.6) is 0 Å². The van der Waals surface area contributed by atoms with Crippen LogP contribution in [0.2, 0.25) is 36.3 Å². The topological polar surface area (TPSA) is 74.0 Å². The molecule has 1 atom stereocenters. The van der Waals surface area contributed by atoms with Crippen LogP contribution >= 0.6 is 0 Å². The van der Waals surface area contributed by atoms with Crippen molar-refractivity contribution in [1.82, 2.24) is 4.90 Å². The first-order valence-electron chi connectivity index (χ1n) is 10.8. The van der Waals surface area contributed by atoms with Gasteiger partial charge in [0.2, 0.25) is 0 Å². The molecule has 0 heterocycles. The molecule has 2 N–H and O–H groups in total. The van der Waals surface area contributed by atoms with E-state index < -0.39 is 22.7 Å². The molecule has 0 radical (unpaired) electrons. The van der Waals surface area contributed by atoms with Crippen molar-refractivity contribution >= 4 is 22.6 Å². The van der Waals surface area contributed by atoms with Crippen LogP contribution in [0.3, 0.4) is 0 Å². The highest BCUT2D eigenvalue weighted by Crippen LogP contribution is 2.37. The Morgan fingerprint density at radius 2 is 1.17 bits per heavy atom. The molecule has 0 saturated heterocycles. The summed E-state index contributed by atoms with van der Waals surface area (Å²) in [6, 6.07) is -0.590. The van der Waals surface area contributed by atoms with Gasteiger partial charge in [-0.25, -0.2) is 0 Å². The number of hydrogen-bond acceptors (Lipinski definition) is 6. The number of nitrogens with two attached hydrogens (primary N) is 1. The predicted molar refractivity (Wildman–Crippen MR) is 127 cm³/mol. The molecule has 0 rings (SSSR count). The molecule has 0 aromatic rings. The van der Waals surface area contributed by atoms with Gasteiger partial charge in [0.05, 0.1) is 0 Å². The van der Waals surface area contributed by atoms with E-state index in [1.165, 1.54) is 0 Å². The number of esters is 1. The second-order valence-electron chi connectivity index (χ2n) is 11.0. The summed E-state index contributed by atoms with van der Waals surface area (Å²) in [5.41, 5.74) is 5.57. The molecule has 29 heavy (non-hydrogen) atoms. The minimum atomic E-state index is -1.77. The largest absolute Gasteiger partial charge is 0.463 e. The molecule has 0 amide bonds. The number of carbonyl (C=O) groups excluding carboxylic acids is 1. The molecule has 0 aliphatic rings. The molecule has 6 nitrogen and oxygen atoms in total. The first-order valence-corrected chi connectivity index (χ1v) is 16.6. The smallest absolute Gasteiger partial charge is 0.322 e. The molecule has 0 aliphatic carbocycles. The van der Waals surface area contributed by atoms with Crippen LogP contribution in [0, 0.1) is 0 Å². The van der Waals surface area contributed by atoms with Crippen LogP contribution in [-0.2, 0) is 18.4 Å². The zero-order valence-electron chi connectivity index (χ0n) is 21.0. The van der Waals surface area contributed by atoms with Crippen LogP contribution < -0.4 is 5.73 Å². The lowest BCUT2D eigenvalue weighted by molar-refractivity contribution is -0.145. The SMILES string of the molecule is C[C@H](N)C(=O)OCCN(CCO[Si](C)(C)C(C)(C)C)CCO[Si](C)(C)C(C)(C)C. The van der Waals surface area contributed by atoms with Gasteiger partial charge < -0.3 is 19.3 Å². The van der Waals surface area contributed by atoms with Gasteiger partial charge in [0, 0.05) is 32.8 Å². The second kappa shape index (κ2) is 11.4. The highest BCUT2D eigenvalue weighted by atomic mass is 28.4. The second-order valence-corrected chi connectivity index (χ2v) is 20.6. The first-order chi connectivity index (χ1) is 12.9. The van der Waals surface area contributed by atoms with Gasteiger partial charge in [-0.1, -0.05) is 41.5 Å². The van der Waals surface area contributed by atoms with Crippen LogP contribution in [0.25, 0.3) is 0 Å². The van der Waals surface area contributed by atoms with E-state index >= 15 is 0 Å². The predicted octanol–water partition coefficient (Wildman–Crippen LogP) is 4.22. The van der Waals surface area contributed by atoms with Crippen LogP contribution in [0.4, 0.5) is 0 Å². The van der Waals surface area contributed by atoms with Crippen molar-refractivity contribution in [2.24, 2.45) is 5.73 Å². The van der Waals surface area contributed by atoms with Crippen LogP contribution in [0.1, 0.15) is 48.5 Å². The van der Waals surface area contributed by atoms with E-state index in [1.54, 1.807) is 6.92 Å². The van der Waals surface area contributed by atoms with E-state index in [9.17, 15) is 4.79 Å². The third-order valence-corrected chi connectivity index (χ3v) is 15.5. The minimum Gasteiger partial charge on any atom is -0.463 e. The van der Waals surface area contributed by atoms with Gasteiger partial charge >= 0.3 is 5.97 Å². The zero-order chi connectivity index (χ0) is 23.1. The Hall–Kier alpha value is -0.256. The lowest BCUT2D eigenvalue weighted by Gasteiger charge is -2.38. The van der Waals surface area contributed by atoms with E-state index in [0.29, 0.717) is 26.4 Å². The summed E-state index contributed by atoms with van der Waals surface area (Å²) < 4.78 is 17.9. The van der Waals surface area contributed by atoms with Gasteiger partial charge in [-0.05, 0) is 43.2 Å². The summed E-state index contributed by atoms with van der Waals surface area (Å²) in [6.07, 6.45) is 0. The first kappa shape index (κ1) is 28.7. The van der Waals surface area contributed by atoms with E-state index in [1.807, 2.05) is 0 Å². The van der Waals surface area contributed by atoms with E-state index in [-0.39, 0.29) is 16.0 Å². The summed E-state index contributed by atoms with van der Waals surface area (Å²) in [4.78, 5) is 13.9. The van der Waals surface area contributed by atoms with Gasteiger partial charge in [0.25, 0.3) is 0 Å². The highest BCUT2D eigenvalue weighted by molar-refractivity contribution is 6.74. The van der Waals surface area contributed by atoms with Crippen molar-refractivity contribution in [3.05, 3.63) is 0 Å². The minimum absolute atomic E-state index is 0.191. The highest BCUT2D eigenvalue weighted by Gasteiger charge is 2.38. The molecule has 174 valence electrons. The van der Waals surface area contributed by atoms with Crippen molar-refractivity contribution in [1.29, 1.82) is 0 Å². The number of hydrogen-bond donors (Lipinski definition) is 1. The van der Waals surface area contributed by atoms with Crippen molar-refractivity contribution in [2.75, 3.05) is 39.5 Å². The third-order valence-electron chi connectivity index (χ3n) is 6.38. The Morgan fingerprint density at radius 1 is 0.828 bits per heavy atom. The van der Waals surface area contributed by atoms with E-state index in [4.69, 9.17) is 19.3 Å². The Bertz CT molecular complexity index is 466. The summed E-state index contributed by atoms with van der Waals surface area (Å²) in [5, 5.41) is 0.381. The molecule has 0 bridgehead atoms. The fourth-order valence-corrected chi connectivity index (χ4v) is 4.10. The van der Waals surface area contributed by atoms with Gasteiger partial charge in [-0.2, -0.15) is 0 Å². The molecular weight excluding hydrogens is 400 g/mol. The Balaban J connectivity index is 4.74. The quantitative estimate of drug-likeness (QED) is 0.356. The molecule has 0 spiro atoms. The van der Waals surface area contributed by atoms with E-state index in [2.05, 4.69) is 72.6 Å². The summed E-state index contributed by atoms with van der Waals surface area (Å²) >= 11 is 0. The van der Waals surface area contributed by atoms with Gasteiger partial charge in [0.15, 0.2) is 16.6 Å². The summed E-state index contributed by atoms with van der Waals surface area (Å²) in [7, 11) is -3.55. The van der Waals surface area contributed by atoms with Crippen LogP contribution in [0.15, 0.2) is 0 Å². The maximum absolute atomic E-state index is 11.6. The Morgan fingerprint density at radius 3 is 1.48 bits per heavy atom. The number of rotatable bonds is 12. The van der Waals surface area contributed by atoms with Gasteiger partial charge in [0.1, 0.15) is 12.6 Å². The number of carbonyl (C=O) groups is 1. The maximum Gasteiger partial charge on any atom is 0.322 e. The monoisotopic (exact) mass is 448 g/mol. The molecule has 0 fully saturated rings. The molecule has 0 unspecified atom stereocenters. The third kappa shape index (κ3) is 10.6. The number of nitrogens with zero attached hydrogens (tertiary/aromatic N) is 1. The lowest BCUT2D eigenvalue weighted by atomic mass is 10.2. The Kier molecular flexibility index (Phi) is 11.3. The normalized spacial score (nSPS) is 14.9. The molecule has 0 saturated carbocycles. The average molecular weight is 449 g/mol. The average Bonchev–Trinajstić information content (AvgIpc) is 2.51. The van der Waals surface area contributed by atoms with Gasteiger partial charge in [-0.15, -0.1) is 0 Å². The van der Waals surface area contributed by atoms with Crippen molar-refractivity contribution in [3.8, 4) is 0 Å². The van der Waals surface area contributed by atoms with E-state index in [0.717, 1.165) is 13.1 Å². The Labute approximate surface area is 182 Å². The van der Waals surface area contributed by atoms with Crippen molar-refractivity contribution < 1.29 is 18.4 Å². The molecule has 0 aromatic heterocycles. The molecule has 0 aromatic carbocycles. The molecule has 0 aliphatic heterocycles. The lowest BCUT2D eigenvalue weighted by Crippen LogP contribution is -2.45. The standard InChI is InChI=1S/C21H48N2O4Si2/c1-18(22)19(24)25-15-12-23(13-16-26-28(8,9)20(2,3)4)14-17-27-29(10,11)21(5,6)7/h18H,12-17,22H2,1-11H3/t18-/m0/s1. The zero-order valence-corrected chi connectivity index (χ0v) is 23.0. The van der Waals surface area contributed by atoms with Gasteiger partial charge in [-0.3, -0.25) is 9.69 Å². The van der Waals surface area contributed by atoms with Crippen LogP contribution in [-0.4, -0.2) is 73.0 Å². The van der Waals surface area contributed by atoms with Crippen molar-refractivity contribution in [3.63, 3.8) is 0 Å². The summed E-state index contributed by atoms with van der Waals surface area (Å²) in [6.45, 7) is 28.1. The number of ether oxygens (including phenoxy) is 1. The fourth-order valence-electron chi connectivity index (χ4n) is 2.04. The van der Waals surface area contributed by atoms with Crippen molar-refractivity contribution in [2.45, 2.75) is 90.8 Å². The fraction of sp³-hybridized carbons (Fsp3) is 0.952. The molecule has 8 heteroatoms.